The Kier molecular flexibility index (Phi) is 4.37. The Hall–Kier alpha value is -1.01. The predicted octanol–water partition coefficient (Wildman–Crippen LogP) is 1.81. The highest BCUT2D eigenvalue weighted by molar-refractivity contribution is 9.10. The Balaban J connectivity index is 2.60. The van der Waals surface area contributed by atoms with Crippen LogP contribution in [-0.4, -0.2) is 30.1 Å². The summed E-state index contributed by atoms with van der Waals surface area (Å²) in [5.41, 5.74) is 0.281. The van der Waals surface area contributed by atoms with Crippen LogP contribution in [0.4, 0.5) is 8.78 Å². The van der Waals surface area contributed by atoms with E-state index in [-0.39, 0.29) is 5.56 Å². The Morgan fingerprint density at radius 3 is 2.75 bits per heavy atom. The zero-order valence-electron chi connectivity index (χ0n) is 8.21. The Labute approximate surface area is 99.6 Å². The maximum atomic E-state index is 12.6. The van der Waals surface area contributed by atoms with Gasteiger partial charge in [-0.2, -0.15) is 0 Å². The van der Waals surface area contributed by atoms with Crippen LogP contribution in [0.1, 0.15) is 10.4 Å². The molecular formula is C10H10BrF2NO2. The molecule has 0 fully saturated rings. The summed E-state index contributed by atoms with van der Waals surface area (Å²) in [4.78, 5) is 11.4. The van der Waals surface area contributed by atoms with Crippen molar-refractivity contribution < 1.29 is 18.7 Å². The first-order chi connectivity index (χ1) is 7.44. The van der Waals surface area contributed by atoms with Crippen LogP contribution >= 0.6 is 15.9 Å². The number of rotatable bonds is 4. The minimum absolute atomic E-state index is 0.281. The standard InChI is InChI=1S/C10H10BrF2NO2/c11-8-3-1-2-7(4-8)9(16)14-5-10(12,13)6-15/h1-4,15H,5-6H2,(H,14,16). The van der Waals surface area contributed by atoms with Crippen LogP contribution < -0.4 is 5.32 Å². The van der Waals surface area contributed by atoms with Gasteiger partial charge in [0.05, 0.1) is 6.54 Å². The molecule has 0 aliphatic carbocycles. The highest BCUT2D eigenvalue weighted by Crippen LogP contribution is 2.13. The average Bonchev–Trinajstić information content (AvgIpc) is 2.26. The van der Waals surface area contributed by atoms with Crippen molar-refractivity contribution in [3.8, 4) is 0 Å². The Morgan fingerprint density at radius 1 is 1.50 bits per heavy atom. The summed E-state index contributed by atoms with van der Waals surface area (Å²) in [6.45, 7) is -2.17. The molecule has 16 heavy (non-hydrogen) atoms. The van der Waals surface area contributed by atoms with Crippen LogP contribution in [0.2, 0.25) is 0 Å². The molecule has 0 radical (unpaired) electrons. The number of alkyl halides is 2. The van der Waals surface area contributed by atoms with Crippen molar-refractivity contribution in [1.82, 2.24) is 5.32 Å². The van der Waals surface area contributed by atoms with Crippen molar-refractivity contribution in [3.63, 3.8) is 0 Å². The summed E-state index contributed by atoms with van der Waals surface area (Å²) in [5.74, 6) is -3.89. The average molecular weight is 294 g/mol. The van der Waals surface area contributed by atoms with Gasteiger partial charge in [-0.3, -0.25) is 4.79 Å². The van der Waals surface area contributed by atoms with E-state index in [0.717, 1.165) is 0 Å². The summed E-state index contributed by atoms with van der Waals surface area (Å²) >= 11 is 3.17. The van der Waals surface area contributed by atoms with Crippen molar-refractivity contribution in [2.75, 3.05) is 13.2 Å². The number of halogens is 3. The molecule has 6 heteroatoms. The number of aliphatic hydroxyl groups is 1. The van der Waals surface area contributed by atoms with Gasteiger partial charge in [-0.1, -0.05) is 22.0 Å². The largest absolute Gasteiger partial charge is 0.390 e. The molecule has 0 unspecified atom stereocenters. The maximum absolute atomic E-state index is 12.6. The summed E-state index contributed by atoms with van der Waals surface area (Å²) in [6.07, 6.45) is 0. The lowest BCUT2D eigenvalue weighted by Crippen LogP contribution is -2.38. The molecule has 0 bridgehead atoms. The summed E-state index contributed by atoms with van der Waals surface area (Å²) in [5, 5.41) is 10.4. The fourth-order valence-corrected chi connectivity index (χ4v) is 1.40. The Morgan fingerprint density at radius 2 is 2.19 bits per heavy atom. The van der Waals surface area contributed by atoms with Gasteiger partial charge in [-0.15, -0.1) is 0 Å². The van der Waals surface area contributed by atoms with Gasteiger partial charge in [0.25, 0.3) is 11.8 Å². The fourth-order valence-electron chi connectivity index (χ4n) is 0.997. The number of benzene rings is 1. The second kappa shape index (κ2) is 5.36. The third-order valence-electron chi connectivity index (χ3n) is 1.83. The molecule has 0 saturated carbocycles. The van der Waals surface area contributed by atoms with Gasteiger partial charge < -0.3 is 10.4 Å². The number of hydrogen-bond acceptors (Lipinski definition) is 2. The lowest BCUT2D eigenvalue weighted by molar-refractivity contribution is -0.0462. The lowest BCUT2D eigenvalue weighted by Gasteiger charge is -2.13. The second-order valence-corrected chi connectivity index (χ2v) is 4.12. The second-order valence-electron chi connectivity index (χ2n) is 3.21. The maximum Gasteiger partial charge on any atom is 0.287 e. The molecule has 0 aliphatic heterocycles. The summed E-state index contributed by atoms with van der Waals surface area (Å²) < 4.78 is 26.0. The van der Waals surface area contributed by atoms with Gasteiger partial charge in [0.2, 0.25) is 0 Å². The fraction of sp³-hybridized carbons (Fsp3) is 0.300. The smallest absolute Gasteiger partial charge is 0.287 e. The summed E-state index contributed by atoms with van der Waals surface area (Å²) in [7, 11) is 0. The van der Waals surface area contributed by atoms with E-state index in [1.807, 2.05) is 5.32 Å². The van der Waals surface area contributed by atoms with E-state index in [9.17, 15) is 13.6 Å². The van der Waals surface area contributed by atoms with Crippen LogP contribution in [0.15, 0.2) is 28.7 Å². The zero-order valence-corrected chi connectivity index (χ0v) is 9.80. The first kappa shape index (κ1) is 13.1. The van der Waals surface area contributed by atoms with E-state index < -0.39 is 25.0 Å². The monoisotopic (exact) mass is 293 g/mol. The highest BCUT2D eigenvalue weighted by atomic mass is 79.9. The van der Waals surface area contributed by atoms with Gasteiger partial charge in [-0.05, 0) is 18.2 Å². The molecule has 0 aliphatic rings. The van der Waals surface area contributed by atoms with E-state index in [1.165, 1.54) is 12.1 Å². The quantitative estimate of drug-likeness (QED) is 0.889. The number of nitrogens with one attached hydrogen (secondary N) is 1. The number of hydrogen-bond donors (Lipinski definition) is 2. The van der Waals surface area contributed by atoms with Gasteiger partial charge in [0.1, 0.15) is 6.61 Å². The third kappa shape index (κ3) is 3.86. The molecule has 0 aromatic heterocycles. The molecule has 0 saturated heterocycles. The molecule has 1 rings (SSSR count). The predicted molar refractivity (Wildman–Crippen MR) is 58.5 cm³/mol. The molecule has 0 atom stereocenters. The normalized spacial score (nSPS) is 11.2. The van der Waals surface area contributed by atoms with Crippen LogP contribution in [0.5, 0.6) is 0 Å². The van der Waals surface area contributed by atoms with Gasteiger partial charge in [0, 0.05) is 10.0 Å². The SMILES string of the molecule is O=C(NCC(F)(F)CO)c1cccc(Br)c1. The van der Waals surface area contributed by atoms with Crippen molar-refractivity contribution in [1.29, 1.82) is 0 Å². The topological polar surface area (TPSA) is 49.3 Å². The van der Waals surface area contributed by atoms with Gasteiger partial charge >= 0.3 is 0 Å². The first-order valence-corrected chi connectivity index (χ1v) is 5.26. The zero-order chi connectivity index (χ0) is 12.2. The van der Waals surface area contributed by atoms with Crippen molar-refractivity contribution >= 4 is 21.8 Å². The lowest BCUT2D eigenvalue weighted by atomic mass is 10.2. The molecule has 88 valence electrons. The minimum Gasteiger partial charge on any atom is -0.390 e. The van der Waals surface area contributed by atoms with Crippen LogP contribution in [0, 0.1) is 0 Å². The number of aliphatic hydroxyl groups excluding tert-OH is 1. The van der Waals surface area contributed by atoms with Crippen LogP contribution in [0.25, 0.3) is 0 Å². The third-order valence-corrected chi connectivity index (χ3v) is 2.32. The van der Waals surface area contributed by atoms with Gasteiger partial charge in [-0.25, -0.2) is 8.78 Å². The highest BCUT2D eigenvalue weighted by Gasteiger charge is 2.28. The van der Waals surface area contributed by atoms with E-state index in [0.29, 0.717) is 4.47 Å². The molecule has 1 aromatic rings. The molecule has 0 spiro atoms. The molecule has 1 amide bonds. The number of amides is 1. The van der Waals surface area contributed by atoms with Crippen LogP contribution in [-0.2, 0) is 0 Å². The minimum atomic E-state index is -3.29. The van der Waals surface area contributed by atoms with E-state index in [4.69, 9.17) is 5.11 Å². The molecular weight excluding hydrogens is 284 g/mol. The Bertz CT molecular complexity index is 385. The number of carbonyl (C=O) groups excluding carboxylic acids is 1. The van der Waals surface area contributed by atoms with E-state index in [2.05, 4.69) is 15.9 Å². The van der Waals surface area contributed by atoms with E-state index >= 15 is 0 Å². The van der Waals surface area contributed by atoms with Crippen LogP contribution in [0.3, 0.4) is 0 Å². The first-order valence-electron chi connectivity index (χ1n) is 4.47. The van der Waals surface area contributed by atoms with Gasteiger partial charge in [0.15, 0.2) is 0 Å². The summed E-state index contributed by atoms with van der Waals surface area (Å²) in [6, 6.07) is 6.38. The molecule has 3 nitrogen and oxygen atoms in total. The van der Waals surface area contributed by atoms with Crippen molar-refractivity contribution in [2.24, 2.45) is 0 Å². The number of carbonyl (C=O) groups is 1. The molecule has 1 aromatic carbocycles. The van der Waals surface area contributed by atoms with E-state index in [1.54, 1.807) is 12.1 Å². The van der Waals surface area contributed by atoms with Crippen molar-refractivity contribution in [3.05, 3.63) is 34.3 Å². The molecule has 0 heterocycles. The molecule has 2 N–H and O–H groups in total. The van der Waals surface area contributed by atoms with Crippen molar-refractivity contribution in [2.45, 2.75) is 5.92 Å².